The number of non-ortho nitro benzene ring substituents is 1. The molecule has 0 radical (unpaired) electrons. The van der Waals surface area contributed by atoms with Crippen molar-refractivity contribution in [1.29, 1.82) is 0 Å². The molecule has 1 saturated carbocycles. The van der Waals surface area contributed by atoms with E-state index in [4.69, 9.17) is 0 Å². The van der Waals surface area contributed by atoms with E-state index >= 15 is 0 Å². The largest absolute Gasteiger partial charge is 0.326 e. The topological polar surface area (TPSA) is 72.2 Å². The number of nitro groups is 1. The Bertz CT molecular complexity index is 505. The number of hydrogen-bond donors (Lipinski definition) is 1. The molecular formula is C17H24N2O3. The fourth-order valence-electron chi connectivity index (χ4n) is 3.12. The number of carbonyl (C=O) groups is 1. The summed E-state index contributed by atoms with van der Waals surface area (Å²) >= 11 is 0. The minimum atomic E-state index is -0.441. The molecule has 0 aromatic heterocycles. The van der Waals surface area contributed by atoms with Crippen molar-refractivity contribution in [3.05, 3.63) is 34.4 Å². The molecule has 1 N–H and O–H groups in total. The number of rotatable bonds is 6. The van der Waals surface area contributed by atoms with Gasteiger partial charge in [0.25, 0.3) is 5.69 Å². The Balaban J connectivity index is 1.81. The van der Waals surface area contributed by atoms with Gasteiger partial charge in [-0.25, -0.2) is 0 Å². The van der Waals surface area contributed by atoms with Gasteiger partial charge in [0.05, 0.1) is 4.92 Å². The summed E-state index contributed by atoms with van der Waals surface area (Å²) in [4.78, 5) is 22.4. The van der Waals surface area contributed by atoms with E-state index < -0.39 is 4.92 Å². The average molecular weight is 304 g/mol. The lowest BCUT2D eigenvalue weighted by molar-refractivity contribution is -0.384. The minimum absolute atomic E-state index is 0.0365. The van der Waals surface area contributed by atoms with Gasteiger partial charge in [-0.1, -0.05) is 26.2 Å². The zero-order valence-electron chi connectivity index (χ0n) is 13.1. The third-order valence-corrected chi connectivity index (χ3v) is 4.53. The Labute approximate surface area is 131 Å². The monoisotopic (exact) mass is 304 g/mol. The number of amides is 1. The van der Waals surface area contributed by atoms with Crippen molar-refractivity contribution in [2.45, 2.75) is 51.9 Å². The molecule has 22 heavy (non-hydrogen) atoms. The van der Waals surface area contributed by atoms with Crippen LogP contribution in [0.15, 0.2) is 24.3 Å². The van der Waals surface area contributed by atoms with Crippen LogP contribution >= 0.6 is 0 Å². The van der Waals surface area contributed by atoms with Crippen LogP contribution in [0.3, 0.4) is 0 Å². The highest BCUT2D eigenvalue weighted by molar-refractivity contribution is 5.92. The number of carbonyl (C=O) groups excluding carboxylic acids is 1. The summed E-state index contributed by atoms with van der Waals surface area (Å²) in [5.74, 6) is 0.902. The van der Waals surface area contributed by atoms with E-state index in [1.54, 1.807) is 12.1 Å². The lowest BCUT2D eigenvalue weighted by Gasteiger charge is -2.27. The third kappa shape index (κ3) is 4.55. The standard InChI is InChI=1S/C17H24N2O3/c1-2-3-4-13-5-7-14(8-6-13)17(20)18-15-9-11-16(12-10-15)19(21)22/h9-14H,2-8H2,1H3,(H,18,20). The van der Waals surface area contributed by atoms with Crippen LogP contribution in [0.5, 0.6) is 0 Å². The number of unbranched alkanes of at least 4 members (excludes halogenated alkanes) is 1. The Morgan fingerprint density at radius 2 is 1.86 bits per heavy atom. The molecule has 0 saturated heterocycles. The predicted molar refractivity (Wildman–Crippen MR) is 86.7 cm³/mol. The Morgan fingerprint density at radius 3 is 2.41 bits per heavy atom. The first-order chi connectivity index (χ1) is 10.6. The molecular weight excluding hydrogens is 280 g/mol. The van der Waals surface area contributed by atoms with Crippen molar-refractivity contribution >= 4 is 17.3 Å². The first-order valence-electron chi connectivity index (χ1n) is 8.15. The van der Waals surface area contributed by atoms with Crippen LogP contribution in [0.1, 0.15) is 51.9 Å². The number of benzene rings is 1. The highest BCUT2D eigenvalue weighted by Crippen LogP contribution is 2.32. The second-order valence-electron chi connectivity index (χ2n) is 6.15. The molecule has 0 unspecified atom stereocenters. The van der Waals surface area contributed by atoms with Crippen LogP contribution in [-0.2, 0) is 4.79 Å². The smallest absolute Gasteiger partial charge is 0.269 e. The summed E-state index contributed by atoms with van der Waals surface area (Å²) in [6.07, 6.45) is 7.98. The summed E-state index contributed by atoms with van der Waals surface area (Å²) in [5, 5.41) is 13.5. The van der Waals surface area contributed by atoms with Crippen molar-refractivity contribution in [2.24, 2.45) is 11.8 Å². The van der Waals surface area contributed by atoms with Crippen LogP contribution in [0.25, 0.3) is 0 Å². The van der Waals surface area contributed by atoms with Crippen LogP contribution in [0.4, 0.5) is 11.4 Å². The van der Waals surface area contributed by atoms with E-state index in [1.807, 2.05) is 0 Å². The third-order valence-electron chi connectivity index (χ3n) is 4.53. The number of nitro benzene ring substituents is 1. The molecule has 120 valence electrons. The summed E-state index contributed by atoms with van der Waals surface area (Å²) in [5.41, 5.74) is 0.665. The zero-order chi connectivity index (χ0) is 15.9. The van der Waals surface area contributed by atoms with Crippen LogP contribution in [0, 0.1) is 22.0 Å². The molecule has 5 heteroatoms. The van der Waals surface area contributed by atoms with Crippen LogP contribution < -0.4 is 5.32 Å². The fraction of sp³-hybridized carbons (Fsp3) is 0.588. The summed E-state index contributed by atoms with van der Waals surface area (Å²) in [6, 6.07) is 6.00. The second kappa shape index (κ2) is 7.92. The SMILES string of the molecule is CCCCC1CCC(C(=O)Nc2ccc([N+](=O)[O-])cc2)CC1. The van der Waals surface area contributed by atoms with Gasteiger partial charge in [-0.2, -0.15) is 0 Å². The van der Waals surface area contributed by atoms with E-state index in [9.17, 15) is 14.9 Å². The van der Waals surface area contributed by atoms with E-state index in [-0.39, 0.29) is 17.5 Å². The van der Waals surface area contributed by atoms with Crippen molar-refractivity contribution in [1.82, 2.24) is 0 Å². The quantitative estimate of drug-likeness (QED) is 0.620. The normalized spacial score (nSPS) is 21.3. The van der Waals surface area contributed by atoms with E-state index in [0.717, 1.165) is 31.6 Å². The van der Waals surface area contributed by atoms with Gasteiger partial charge >= 0.3 is 0 Å². The van der Waals surface area contributed by atoms with Gasteiger partial charge in [-0.05, 0) is 43.7 Å². The molecule has 1 aliphatic rings. The van der Waals surface area contributed by atoms with Gasteiger partial charge in [-0.3, -0.25) is 14.9 Å². The van der Waals surface area contributed by atoms with Gasteiger partial charge in [-0.15, -0.1) is 0 Å². The van der Waals surface area contributed by atoms with Crippen molar-refractivity contribution in [3.8, 4) is 0 Å². The van der Waals surface area contributed by atoms with Crippen molar-refractivity contribution < 1.29 is 9.72 Å². The molecule has 0 bridgehead atoms. The maximum atomic E-state index is 12.3. The first-order valence-corrected chi connectivity index (χ1v) is 8.15. The maximum absolute atomic E-state index is 12.3. The van der Waals surface area contributed by atoms with E-state index in [1.165, 1.54) is 31.4 Å². The van der Waals surface area contributed by atoms with E-state index in [0.29, 0.717) is 5.69 Å². The zero-order valence-corrected chi connectivity index (χ0v) is 13.1. The highest BCUT2D eigenvalue weighted by Gasteiger charge is 2.26. The molecule has 0 atom stereocenters. The Hall–Kier alpha value is -1.91. The molecule has 0 heterocycles. The Kier molecular flexibility index (Phi) is 5.92. The number of hydrogen-bond acceptors (Lipinski definition) is 3. The Morgan fingerprint density at radius 1 is 1.23 bits per heavy atom. The maximum Gasteiger partial charge on any atom is 0.269 e. The van der Waals surface area contributed by atoms with E-state index in [2.05, 4.69) is 12.2 Å². The number of nitrogens with one attached hydrogen (secondary N) is 1. The first kappa shape index (κ1) is 16.5. The van der Waals surface area contributed by atoms with Gasteiger partial charge in [0, 0.05) is 23.7 Å². The highest BCUT2D eigenvalue weighted by atomic mass is 16.6. The molecule has 0 aliphatic heterocycles. The molecule has 1 aliphatic carbocycles. The minimum Gasteiger partial charge on any atom is -0.326 e. The molecule has 5 nitrogen and oxygen atoms in total. The lowest BCUT2D eigenvalue weighted by Crippen LogP contribution is -2.27. The number of anilines is 1. The van der Waals surface area contributed by atoms with Crippen molar-refractivity contribution in [2.75, 3.05) is 5.32 Å². The van der Waals surface area contributed by atoms with Gasteiger partial charge in [0.15, 0.2) is 0 Å². The molecule has 1 fully saturated rings. The van der Waals surface area contributed by atoms with Crippen LogP contribution in [-0.4, -0.2) is 10.8 Å². The lowest BCUT2D eigenvalue weighted by atomic mass is 9.79. The molecule has 1 aromatic rings. The molecule has 1 aromatic carbocycles. The average Bonchev–Trinajstić information content (AvgIpc) is 2.54. The van der Waals surface area contributed by atoms with Gasteiger partial charge in [0.2, 0.25) is 5.91 Å². The summed E-state index contributed by atoms with van der Waals surface area (Å²) < 4.78 is 0. The van der Waals surface area contributed by atoms with Gasteiger partial charge in [0.1, 0.15) is 0 Å². The summed E-state index contributed by atoms with van der Waals surface area (Å²) in [6.45, 7) is 2.21. The predicted octanol–water partition coefficient (Wildman–Crippen LogP) is 4.53. The molecule has 1 amide bonds. The second-order valence-corrected chi connectivity index (χ2v) is 6.15. The van der Waals surface area contributed by atoms with Crippen molar-refractivity contribution in [3.63, 3.8) is 0 Å². The molecule has 2 rings (SSSR count). The summed E-state index contributed by atoms with van der Waals surface area (Å²) in [7, 11) is 0. The van der Waals surface area contributed by atoms with Gasteiger partial charge < -0.3 is 5.32 Å². The molecule has 0 spiro atoms. The van der Waals surface area contributed by atoms with Crippen LogP contribution in [0.2, 0.25) is 0 Å². The number of nitrogens with zero attached hydrogens (tertiary/aromatic N) is 1. The fourth-order valence-corrected chi connectivity index (χ4v) is 3.12.